The Morgan fingerprint density at radius 1 is 1.44 bits per heavy atom. The number of hydrogen-bond acceptors (Lipinski definition) is 3. The molecule has 0 aliphatic carbocycles. The van der Waals surface area contributed by atoms with Gasteiger partial charge in [-0.05, 0) is 32.9 Å². The van der Waals surface area contributed by atoms with Crippen molar-refractivity contribution in [3.63, 3.8) is 0 Å². The molecule has 0 atom stereocenters. The number of benzene rings is 1. The molecule has 1 rings (SSSR count). The van der Waals surface area contributed by atoms with E-state index in [4.69, 9.17) is 0 Å². The van der Waals surface area contributed by atoms with Gasteiger partial charge in [-0.2, -0.15) is 4.39 Å². The molecular weight excluding hydrogens is 279 g/mol. The van der Waals surface area contributed by atoms with Crippen molar-refractivity contribution in [2.24, 2.45) is 0 Å². The molecular formula is C10H12BrFN2O2. The second kappa shape index (κ2) is 4.37. The summed E-state index contributed by atoms with van der Waals surface area (Å²) in [5.74, 6) is -0.855. The molecule has 0 aromatic heterocycles. The Balaban J connectivity index is 3.30. The summed E-state index contributed by atoms with van der Waals surface area (Å²) in [5.41, 5.74) is -0.736. The minimum absolute atomic E-state index is 0.171. The van der Waals surface area contributed by atoms with Gasteiger partial charge < -0.3 is 5.32 Å². The third-order valence-electron chi connectivity index (χ3n) is 1.72. The number of rotatable bonds is 2. The van der Waals surface area contributed by atoms with Gasteiger partial charge in [0.25, 0.3) is 0 Å². The maximum Gasteiger partial charge on any atom is 0.327 e. The molecule has 0 spiro atoms. The van der Waals surface area contributed by atoms with E-state index in [1.807, 2.05) is 20.8 Å². The van der Waals surface area contributed by atoms with Gasteiger partial charge in [0.05, 0.1) is 4.92 Å². The van der Waals surface area contributed by atoms with E-state index in [2.05, 4.69) is 21.2 Å². The Morgan fingerprint density at radius 3 is 2.44 bits per heavy atom. The molecule has 0 heterocycles. The summed E-state index contributed by atoms with van der Waals surface area (Å²) >= 11 is 3.10. The van der Waals surface area contributed by atoms with Crippen molar-refractivity contribution in [2.75, 3.05) is 5.32 Å². The molecule has 6 heteroatoms. The largest absolute Gasteiger partial charge is 0.375 e. The number of nitro groups is 1. The van der Waals surface area contributed by atoms with Crippen molar-refractivity contribution in [3.05, 3.63) is 32.5 Å². The molecule has 0 saturated carbocycles. The molecule has 0 aliphatic heterocycles. The number of hydrogen-bond donors (Lipinski definition) is 1. The lowest BCUT2D eigenvalue weighted by atomic mass is 10.1. The van der Waals surface area contributed by atoms with Crippen LogP contribution in [0.2, 0.25) is 0 Å². The predicted octanol–water partition coefficient (Wildman–Crippen LogP) is 3.71. The SMILES string of the molecule is CC(C)(C)Nc1cc(Br)cc(F)c1[N+](=O)[O-]. The molecule has 0 fully saturated rings. The van der Waals surface area contributed by atoms with Gasteiger partial charge in [-0.3, -0.25) is 10.1 Å². The van der Waals surface area contributed by atoms with Gasteiger partial charge in [-0.15, -0.1) is 0 Å². The lowest BCUT2D eigenvalue weighted by molar-refractivity contribution is -0.386. The standard InChI is InChI=1S/C10H12BrFN2O2/c1-10(2,3)13-8-5-6(11)4-7(12)9(8)14(15)16/h4-5,13H,1-3H3. The summed E-state index contributed by atoms with van der Waals surface area (Å²) in [7, 11) is 0. The van der Waals surface area contributed by atoms with Crippen LogP contribution in [0.1, 0.15) is 20.8 Å². The van der Waals surface area contributed by atoms with Crippen LogP contribution in [0.15, 0.2) is 16.6 Å². The molecule has 88 valence electrons. The van der Waals surface area contributed by atoms with Crippen molar-refractivity contribution in [2.45, 2.75) is 26.3 Å². The van der Waals surface area contributed by atoms with Crippen molar-refractivity contribution < 1.29 is 9.31 Å². The number of nitrogens with one attached hydrogen (secondary N) is 1. The first-order chi connectivity index (χ1) is 7.20. The number of nitro benzene ring substituents is 1. The smallest absolute Gasteiger partial charge is 0.327 e. The number of nitrogens with zero attached hydrogens (tertiary/aromatic N) is 1. The van der Waals surface area contributed by atoms with Crippen LogP contribution in [-0.4, -0.2) is 10.5 Å². The molecule has 1 N–H and O–H groups in total. The van der Waals surface area contributed by atoms with Crippen LogP contribution in [0.5, 0.6) is 0 Å². The minimum atomic E-state index is -0.855. The third-order valence-corrected chi connectivity index (χ3v) is 2.18. The van der Waals surface area contributed by atoms with Gasteiger partial charge >= 0.3 is 5.69 Å². The quantitative estimate of drug-likeness (QED) is 0.667. The summed E-state index contributed by atoms with van der Waals surface area (Å²) < 4.78 is 13.9. The predicted molar refractivity (Wildman–Crippen MR) is 64.1 cm³/mol. The van der Waals surface area contributed by atoms with E-state index in [9.17, 15) is 14.5 Å². The normalized spacial score (nSPS) is 11.3. The number of halogens is 2. The zero-order valence-corrected chi connectivity index (χ0v) is 10.8. The fourth-order valence-electron chi connectivity index (χ4n) is 1.25. The minimum Gasteiger partial charge on any atom is -0.375 e. The summed E-state index contributed by atoms with van der Waals surface area (Å²) in [5, 5.41) is 13.7. The molecule has 0 unspecified atom stereocenters. The molecule has 1 aromatic rings. The van der Waals surface area contributed by atoms with E-state index in [-0.39, 0.29) is 11.2 Å². The van der Waals surface area contributed by atoms with Crippen molar-refractivity contribution in [1.82, 2.24) is 0 Å². The summed E-state index contributed by atoms with van der Waals surface area (Å²) in [4.78, 5) is 10.0. The zero-order chi connectivity index (χ0) is 12.5. The second-order valence-electron chi connectivity index (χ2n) is 4.42. The highest BCUT2D eigenvalue weighted by Gasteiger charge is 2.24. The maximum atomic E-state index is 13.4. The Kier molecular flexibility index (Phi) is 3.52. The van der Waals surface area contributed by atoms with Crippen LogP contribution in [0.4, 0.5) is 15.8 Å². The first-order valence-electron chi connectivity index (χ1n) is 4.62. The average molecular weight is 291 g/mol. The summed E-state index contributed by atoms with van der Waals surface area (Å²) in [6.45, 7) is 5.53. The van der Waals surface area contributed by atoms with Crippen LogP contribution in [-0.2, 0) is 0 Å². The van der Waals surface area contributed by atoms with Crippen LogP contribution in [0.25, 0.3) is 0 Å². The van der Waals surface area contributed by atoms with Crippen LogP contribution in [0.3, 0.4) is 0 Å². The monoisotopic (exact) mass is 290 g/mol. The topological polar surface area (TPSA) is 55.2 Å². The Morgan fingerprint density at radius 2 is 2.00 bits per heavy atom. The van der Waals surface area contributed by atoms with Crippen molar-refractivity contribution in [3.8, 4) is 0 Å². The molecule has 4 nitrogen and oxygen atoms in total. The molecule has 0 aliphatic rings. The summed E-state index contributed by atoms with van der Waals surface area (Å²) in [6, 6.07) is 2.57. The first kappa shape index (κ1) is 12.9. The van der Waals surface area contributed by atoms with E-state index >= 15 is 0 Å². The average Bonchev–Trinajstić information content (AvgIpc) is 1.96. The highest BCUT2D eigenvalue weighted by Crippen LogP contribution is 2.33. The van der Waals surface area contributed by atoms with Gasteiger partial charge in [0.15, 0.2) is 0 Å². The Hall–Kier alpha value is -1.17. The van der Waals surface area contributed by atoms with Gasteiger partial charge in [-0.25, -0.2) is 0 Å². The van der Waals surface area contributed by atoms with E-state index in [1.165, 1.54) is 6.07 Å². The maximum absolute atomic E-state index is 13.4. The molecule has 0 saturated heterocycles. The first-order valence-corrected chi connectivity index (χ1v) is 5.41. The van der Waals surface area contributed by atoms with E-state index < -0.39 is 16.4 Å². The number of anilines is 1. The van der Waals surface area contributed by atoms with Gasteiger partial charge in [-0.1, -0.05) is 15.9 Å². The fraction of sp³-hybridized carbons (Fsp3) is 0.400. The van der Waals surface area contributed by atoms with Crippen LogP contribution in [0, 0.1) is 15.9 Å². The molecule has 0 radical (unpaired) electrons. The Labute approximate surface area is 101 Å². The van der Waals surface area contributed by atoms with Gasteiger partial charge in [0.2, 0.25) is 5.82 Å². The molecule has 0 bridgehead atoms. The van der Waals surface area contributed by atoms with Gasteiger partial charge in [0.1, 0.15) is 5.69 Å². The fourth-order valence-corrected chi connectivity index (χ4v) is 1.68. The second-order valence-corrected chi connectivity index (χ2v) is 5.33. The van der Waals surface area contributed by atoms with E-state index in [0.717, 1.165) is 6.07 Å². The summed E-state index contributed by atoms with van der Waals surface area (Å²) in [6.07, 6.45) is 0. The van der Waals surface area contributed by atoms with Crippen LogP contribution >= 0.6 is 15.9 Å². The third kappa shape index (κ3) is 3.16. The van der Waals surface area contributed by atoms with E-state index in [1.54, 1.807) is 0 Å². The van der Waals surface area contributed by atoms with Gasteiger partial charge in [0, 0.05) is 10.0 Å². The molecule has 16 heavy (non-hydrogen) atoms. The highest BCUT2D eigenvalue weighted by molar-refractivity contribution is 9.10. The van der Waals surface area contributed by atoms with Crippen molar-refractivity contribution >= 4 is 27.3 Å². The van der Waals surface area contributed by atoms with Crippen molar-refractivity contribution in [1.29, 1.82) is 0 Å². The lowest BCUT2D eigenvalue weighted by Crippen LogP contribution is -2.26. The highest BCUT2D eigenvalue weighted by atomic mass is 79.9. The zero-order valence-electron chi connectivity index (χ0n) is 9.17. The molecule has 1 aromatic carbocycles. The lowest BCUT2D eigenvalue weighted by Gasteiger charge is -2.22. The molecule has 0 amide bonds. The van der Waals surface area contributed by atoms with Crippen LogP contribution < -0.4 is 5.32 Å². The van der Waals surface area contributed by atoms with E-state index in [0.29, 0.717) is 4.47 Å². The Bertz CT molecular complexity index is 430.